The van der Waals surface area contributed by atoms with E-state index in [0.29, 0.717) is 42.9 Å². The van der Waals surface area contributed by atoms with Crippen LogP contribution in [-0.4, -0.2) is 41.3 Å². The molecule has 1 aliphatic heterocycles. The van der Waals surface area contributed by atoms with Crippen molar-refractivity contribution >= 4 is 17.1 Å². The van der Waals surface area contributed by atoms with Crippen molar-refractivity contribution in [2.45, 2.75) is 58.4 Å². The summed E-state index contributed by atoms with van der Waals surface area (Å²) in [5.41, 5.74) is -0.395. The fraction of sp³-hybridized carbons (Fsp3) is 0.423. The van der Waals surface area contributed by atoms with Crippen LogP contribution >= 0.6 is 0 Å². The molecule has 0 spiro atoms. The predicted molar refractivity (Wildman–Crippen MR) is 137 cm³/mol. The van der Waals surface area contributed by atoms with Gasteiger partial charge in [0.25, 0.3) is 5.56 Å². The molecule has 0 aliphatic carbocycles. The quantitative estimate of drug-likeness (QED) is 0.353. The maximum absolute atomic E-state index is 13.5. The molecule has 1 aromatic carbocycles. The van der Waals surface area contributed by atoms with E-state index in [9.17, 15) is 27.6 Å². The van der Waals surface area contributed by atoms with Gasteiger partial charge in [-0.05, 0) is 30.5 Å². The zero-order chi connectivity index (χ0) is 27.9. The Bertz CT molecular complexity index is 1650. The van der Waals surface area contributed by atoms with Crippen molar-refractivity contribution in [3.05, 3.63) is 68.6 Å². The second-order valence-corrected chi connectivity index (χ2v) is 9.72. The number of imidazole rings is 1. The SMILES string of the molecule is CCCn1c(=O)c2[nH]c(-c3cnn(C(c4cccc(C(F)(F)F)c4)C4CNC(=O)C4)c3)nc2n(CCC)c1=O. The van der Waals surface area contributed by atoms with Crippen LogP contribution < -0.4 is 16.6 Å². The molecular weight excluding hydrogens is 515 g/mol. The van der Waals surface area contributed by atoms with Crippen molar-refractivity contribution in [1.82, 2.24) is 34.2 Å². The van der Waals surface area contributed by atoms with Gasteiger partial charge in [-0.25, -0.2) is 9.78 Å². The van der Waals surface area contributed by atoms with Gasteiger partial charge in [0, 0.05) is 38.2 Å². The number of aromatic amines is 1. The number of benzene rings is 1. The first kappa shape index (κ1) is 26.4. The van der Waals surface area contributed by atoms with Crippen LogP contribution in [0.5, 0.6) is 0 Å². The van der Waals surface area contributed by atoms with Crippen LogP contribution in [0.4, 0.5) is 13.2 Å². The third kappa shape index (κ3) is 4.88. The van der Waals surface area contributed by atoms with Crippen LogP contribution in [-0.2, 0) is 24.1 Å². The number of amides is 1. The number of fused-ring (bicyclic) bond motifs is 1. The highest BCUT2D eigenvalue weighted by Crippen LogP contribution is 2.36. The monoisotopic (exact) mass is 543 g/mol. The van der Waals surface area contributed by atoms with Crippen molar-refractivity contribution < 1.29 is 18.0 Å². The molecule has 1 fully saturated rings. The number of halogens is 3. The number of hydrogen-bond acceptors (Lipinski definition) is 5. The molecule has 1 amide bonds. The molecule has 206 valence electrons. The summed E-state index contributed by atoms with van der Waals surface area (Å²) in [5.74, 6) is -0.213. The fourth-order valence-electron chi connectivity index (χ4n) is 5.15. The molecular formula is C26H28F3N7O3. The minimum absolute atomic E-state index is 0.140. The van der Waals surface area contributed by atoms with Gasteiger partial charge >= 0.3 is 11.9 Å². The molecule has 4 aromatic rings. The van der Waals surface area contributed by atoms with E-state index in [1.54, 1.807) is 12.3 Å². The Morgan fingerprint density at radius 1 is 1.10 bits per heavy atom. The van der Waals surface area contributed by atoms with E-state index in [1.165, 1.54) is 26.1 Å². The van der Waals surface area contributed by atoms with Gasteiger partial charge in [-0.15, -0.1) is 0 Å². The van der Waals surface area contributed by atoms with Gasteiger partial charge in [0.15, 0.2) is 5.65 Å². The third-order valence-corrected chi connectivity index (χ3v) is 6.93. The Morgan fingerprint density at radius 3 is 2.51 bits per heavy atom. The van der Waals surface area contributed by atoms with E-state index in [0.717, 1.165) is 12.1 Å². The highest BCUT2D eigenvalue weighted by Gasteiger charge is 2.35. The van der Waals surface area contributed by atoms with Crippen molar-refractivity contribution in [2.24, 2.45) is 5.92 Å². The minimum Gasteiger partial charge on any atom is -0.356 e. The first-order chi connectivity index (χ1) is 18.6. The molecule has 0 bridgehead atoms. The highest BCUT2D eigenvalue weighted by molar-refractivity contribution is 5.78. The van der Waals surface area contributed by atoms with Gasteiger partial charge in [0.05, 0.1) is 23.4 Å². The van der Waals surface area contributed by atoms with Crippen molar-refractivity contribution in [3.63, 3.8) is 0 Å². The topological polar surface area (TPSA) is 120 Å². The maximum atomic E-state index is 13.5. The number of nitrogens with one attached hydrogen (secondary N) is 2. The summed E-state index contributed by atoms with van der Waals surface area (Å²) in [6.45, 7) is 4.74. The summed E-state index contributed by atoms with van der Waals surface area (Å²) in [4.78, 5) is 45.7. The smallest absolute Gasteiger partial charge is 0.356 e. The number of alkyl halides is 3. The van der Waals surface area contributed by atoms with E-state index in [1.807, 2.05) is 13.8 Å². The Morgan fingerprint density at radius 2 is 1.85 bits per heavy atom. The Kier molecular flexibility index (Phi) is 6.91. The second-order valence-electron chi connectivity index (χ2n) is 9.72. The summed E-state index contributed by atoms with van der Waals surface area (Å²) in [5, 5.41) is 7.18. The minimum atomic E-state index is -4.52. The van der Waals surface area contributed by atoms with Crippen LogP contribution in [0, 0.1) is 5.92 Å². The molecule has 10 nitrogen and oxygen atoms in total. The molecule has 1 saturated heterocycles. The van der Waals surface area contributed by atoms with Crippen LogP contribution in [0.1, 0.15) is 50.3 Å². The Balaban J connectivity index is 1.60. The van der Waals surface area contributed by atoms with Gasteiger partial charge in [-0.2, -0.15) is 18.3 Å². The van der Waals surface area contributed by atoms with Crippen molar-refractivity contribution in [2.75, 3.05) is 6.54 Å². The summed E-state index contributed by atoms with van der Waals surface area (Å²) in [7, 11) is 0. The molecule has 39 heavy (non-hydrogen) atoms. The largest absolute Gasteiger partial charge is 0.416 e. The summed E-state index contributed by atoms with van der Waals surface area (Å²) < 4.78 is 44.6. The molecule has 2 unspecified atom stereocenters. The van der Waals surface area contributed by atoms with Crippen LogP contribution in [0.3, 0.4) is 0 Å². The van der Waals surface area contributed by atoms with E-state index in [4.69, 9.17) is 0 Å². The van der Waals surface area contributed by atoms with Gasteiger partial charge in [-0.3, -0.25) is 23.4 Å². The zero-order valence-corrected chi connectivity index (χ0v) is 21.5. The lowest BCUT2D eigenvalue weighted by Gasteiger charge is -2.24. The molecule has 4 heterocycles. The molecule has 0 radical (unpaired) electrons. The third-order valence-electron chi connectivity index (χ3n) is 6.93. The zero-order valence-electron chi connectivity index (χ0n) is 21.5. The average Bonchev–Trinajstić information content (AvgIpc) is 3.65. The van der Waals surface area contributed by atoms with Crippen LogP contribution in [0.15, 0.2) is 46.2 Å². The number of hydrogen-bond donors (Lipinski definition) is 2. The fourth-order valence-corrected chi connectivity index (χ4v) is 5.15. The number of carbonyl (C=O) groups is 1. The standard InChI is InChI=1S/C26H28F3N7O3/c1-3-8-34-23-20(24(38)35(9-4-2)25(34)39)32-22(33-23)17-13-31-36(14-17)21(16-11-19(37)30-12-16)15-6-5-7-18(10-15)26(27,28)29/h5-7,10,13-14,16,21H,3-4,8-9,11-12H2,1-2H3,(H,30,37)(H,32,33). The summed E-state index contributed by atoms with van der Waals surface area (Å²) in [6, 6.07) is 4.35. The molecule has 3 aromatic heterocycles. The lowest BCUT2D eigenvalue weighted by molar-refractivity contribution is -0.137. The van der Waals surface area contributed by atoms with Gasteiger partial charge in [0.2, 0.25) is 5.91 Å². The summed E-state index contributed by atoms with van der Waals surface area (Å²) >= 11 is 0. The second kappa shape index (κ2) is 10.2. The normalized spacial score (nSPS) is 16.6. The number of rotatable bonds is 8. The predicted octanol–water partition coefficient (Wildman–Crippen LogP) is 3.31. The first-order valence-electron chi connectivity index (χ1n) is 12.8. The molecule has 2 atom stereocenters. The van der Waals surface area contributed by atoms with Gasteiger partial charge < -0.3 is 10.3 Å². The number of carbonyl (C=O) groups excluding carboxylic acids is 1. The lowest BCUT2D eigenvalue weighted by Crippen LogP contribution is -2.40. The molecule has 1 aliphatic rings. The summed E-state index contributed by atoms with van der Waals surface area (Å²) in [6.07, 6.45) is 0.00371. The molecule has 5 rings (SSSR count). The number of nitrogens with zero attached hydrogens (tertiary/aromatic N) is 5. The number of aromatic nitrogens is 6. The Labute approximate surface area is 220 Å². The van der Waals surface area contributed by atoms with E-state index >= 15 is 0 Å². The molecule has 0 saturated carbocycles. The highest BCUT2D eigenvalue weighted by atomic mass is 19.4. The number of H-pyrrole nitrogens is 1. The Hall–Kier alpha value is -4.16. The molecule has 13 heteroatoms. The van der Waals surface area contributed by atoms with Crippen molar-refractivity contribution in [3.8, 4) is 11.4 Å². The first-order valence-corrected chi connectivity index (χ1v) is 12.8. The van der Waals surface area contributed by atoms with Crippen molar-refractivity contribution in [1.29, 1.82) is 0 Å². The lowest BCUT2D eigenvalue weighted by atomic mass is 9.91. The van der Waals surface area contributed by atoms with Gasteiger partial charge in [0.1, 0.15) is 11.3 Å². The maximum Gasteiger partial charge on any atom is 0.416 e. The number of aryl methyl sites for hydroxylation is 1. The van der Waals surface area contributed by atoms with Gasteiger partial charge in [-0.1, -0.05) is 26.0 Å². The van der Waals surface area contributed by atoms with Crippen LogP contribution in [0.25, 0.3) is 22.6 Å². The molecule has 2 N–H and O–H groups in total. The van der Waals surface area contributed by atoms with E-state index in [-0.39, 0.29) is 36.0 Å². The average molecular weight is 544 g/mol. The van der Waals surface area contributed by atoms with Crippen LogP contribution in [0.2, 0.25) is 0 Å². The van der Waals surface area contributed by atoms with E-state index < -0.39 is 29.0 Å². The van der Waals surface area contributed by atoms with E-state index in [2.05, 4.69) is 20.4 Å².